The number of amides is 1. The van der Waals surface area contributed by atoms with Gasteiger partial charge in [0.25, 0.3) is 15.9 Å². The SMILES string of the molecule is COc1ccccc1NS(=O)(=O)c1cc(C(=O)Nc2cccc(-n3cc[nH]c3=S)c2)ccc1C. The molecule has 8 nitrogen and oxygen atoms in total. The van der Waals surface area contributed by atoms with Crippen molar-refractivity contribution < 1.29 is 17.9 Å². The summed E-state index contributed by atoms with van der Waals surface area (Å²) in [5.74, 6) is -0.0522. The third-order valence-electron chi connectivity index (χ3n) is 5.12. The van der Waals surface area contributed by atoms with E-state index in [9.17, 15) is 13.2 Å². The van der Waals surface area contributed by atoms with Gasteiger partial charge in [0.05, 0.1) is 17.7 Å². The number of sulfonamides is 1. The van der Waals surface area contributed by atoms with Crippen LogP contribution in [-0.2, 0) is 10.0 Å². The first-order valence-corrected chi connectivity index (χ1v) is 12.1. The topological polar surface area (TPSA) is 105 Å². The number of anilines is 2. The van der Waals surface area contributed by atoms with E-state index in [0.29, 0.717) is 27.5 Å². The van der Waals surface area contributed by atoms with E-state index in [1.54, 1.807) is 78.5 Å². The van der Waals surface area contributed by atoms with Gasteiger partial charge in [0.2, 0.25) is 0 Å². The molecule has 0 aliphatic rings. The predicted molar refractivity (Wildman–Crippen MR) is 134 cm³/mol. The standard InChI is InChI=1S/C24H22N4O4S2/c1-16-10-11-17(14-22(16)34(30,31)27-20-8-3-4-9-21(20)32-2)23(29)26-18-6-5-7-19(15-18)28-13-12-25-24(28)33/h3-15,27H,1-2H3,(H,25,33)(H,26,29). The fraction of sp³-hybridized carbons (Fsp3) is 0.0833. The van der Waals surface area contributed by atoms with Crippen molar-refractivity contribution in [2.75, 3.05) is 17.1 Å². The summed E-state index contributed by atoms with van der Waals surface area (Å²) >= 11 is 5.25. The molecule has 1 amide bonds. The Morgan fingerprint density at radius 1 is 1.06 bits per heavy atom. The first-order chi connectivity index (χ1) is 16.3. The van der Waals surface area contributed by atoms with Gasteiger partial charge in [0, 0.05) is 29.3 Å². The van der Waals surface area contributed by atoms with E-state index >= 15 is 0 Å². The zero-order valence-corrected chi connectivity index (χ0v) is 20.0. The van der Waals surface area contributed by atoms with Gasteiger partial charge in [-0.25, -0.2) is 8.42 Å². The van der Waals surface area contributed by atoms with Gasteiger partial charge in [0.1, 0.15) is 5.75 Å². The number of aryl methyl sites for hydroxylation is 1. The first kappa shape index (κ1) is 23.3. The summed E-state index contributed by atoms with van der Waals surface area (Å²) in [6, 6.07) is 18.4. The normalized spacial score (nSPS) is 11.1. The molecule has 0 saturated heterocycles. The molecular weight excluding hydrogens is 472 g/mol. The van der Waals surface area contributed by atoms with E-state index in [2.05, 4.69) is 15.0 Å². The van der Waals surface area contributed by atoms with E-state index in [1.807, 2.05) is 6.07 Å². The fourth-order valence-corrected chi connectivity index (χ4v) is 5.00. The summed E-state index contributed by atoms with van der Waals surface area (Å²) in [6.07, 6.45) is 3.51. The van der Waals surface area contributed by atoms with Crippen LogP contribution in [-0.4, -0.2) is 31.0 Å². The number of aromatic amines is 1. The molecule has 10 heteroatoms. The van der Waals surface area contributed by atoms with E-state index in [1.165, 1.54) is 13.2 Å². The van der Waals surface area contributed by atoms with Gasteiger partial charge in [0.15, 0.2) is 4.77 Å². The zero-order valence-electron chi connectivity index (χ0n) is 18.4. The number of methoxy groups -OCH3 is 1. The van der Waals surface area contributed by atoms with Crippen molar-refractivity contribution in [3.63, 3.8) is 0 Å². The van der Waals surface area contributed by atoms with E-state index in [4.69, 9.17) is 17.0 Å². The number of benzene rings is 3. The van der Waals surface area contributed by atoms with E-state index < -0.39 is 15.9 Å². The van der Waals surface area contributed by atoms with Gasteiger partial charge in [-0.3, -0.25) is 14.1 Å². The summed E-state index contributed by atoms with van der Waals surface area (Å²) in [5, 5.41) is 2.81. The number of hydrogen-bond acceptors (Lipinski definition) is 5. The highest BCUT2D eigenvalue weighted by Gasteiger charge is 2.21. The molecule has 0 atom stereocenters. The Labute approximate surface area is 202 Å². The van der Waals surface area contributed by atoms with Crippen LogP contribution < -0.4 is 14.8 Å². The van der Waals surface area contributed by atoms with Crippen LogP contribution in [0.4, 0.5) is 11.4 Å². The maximum absolute atomic E-state index is 13.1. The number of nitrogens with zero attached hydrogens (tertiary/aromatic N) is 1. The molecule has 0 bridgehead atoms. The molecule has 4 aromatic rings. The molecule has 3 aromatic carbocycles. The lowest BCUT2D eigenvalue weighted by atomic mass is 10.1. The number of ether oxygens (including phenoxy) is 1. The van der Waals surface area contributed by atoms with E-state index in [-0.39, 0.29) is 10.5 Å². The fourth-order valence-electron chi connectivity index (χ4n) is 3.42. The molecule has 1 heterocycles. The smallest absolute Gasteiger partial charge is 0.262 e. The van der Waals surface area contributed by atoms with Crippen molar-refractivity contribution >= 4 is 39.5 Å². The lowest BCUT2D eigenvalue weighted by molar-refractivity contribution is 0.102. The average molecular weight is 495 g/mol. The Kier molecular flexibility index (Phi) is 6.53. The second kappa shape index (κ2) is 9.54. The number of nitrogens with one attached hydrogen (secondary N) is 3. The molecule has 0 aliphatic heterocycles. The second-order valence-electron chi connectivity index (χ2n) is 7.43. The largest absolute Gasteiger partial charge is 0.495 e. The molecule has 34 heavy (non-hydrogen) atoms. The van der Waals surface area contributed by atoms with Crippen LogP contribution in [0.5, 0.6) is 5.75 Å². The third-order valence-corrected chi connectivity index (χ3v) is 6.94. The van der Waals surface area contributed by atoms with Gasteiger partial charge < -0.3 is 15.0 Å². The molecule has 0 fully saturated rings. The summed E-state index contributed by atoms with van der Waals surface area (Å²) in [6.45, 7) is 1.67. The molecule has 0 radical (unpaired) electrons. The van der Waals surface area contributed by atoms with Crippen LogP contribution in [0, 0.1) is 11.7 Å². The Bertz CT molecular complexity index is 1520. The number of imidazole rings is 1. The number of aromatic nitrogens is 2. The number of para-hydroxylation sites is 2. The van der Waals surface area contributed by atoms with Crippen LogP contribution in [0.1, 0.15) is 15.9 Å². The van der Waals surface area contributed by atoms with Gasteiger partial charge >= 0.3 is 0 Å². The lowest BCUT2D eigenvalue weighted by Crippen LogP contribution is -2.17. The number of rotatable bonds is 7. The highest BCUT2D eigenvalue weighted by atomic mass is 32.2. The van der Waals surface area contributed by atoms with Crippen molar-refractivity contribution in [1.82, 2.24) is 9.55 Å². The molecule has 3 N–H and O–H groups in total. The highest BCUT2D eigenvalue weighted by Crippen LogP contribution is 2.28. The van der Waals surface area contributed by atoms with Gasteiger partial charge in [-0.1, -0.05) is 24.3 Å². The van der Waals surface area contributed by atoms with Crippen molar-refractivity contribution in [3.8, 4) is 11.4 Å². The van der Waals surface area contributed by atoms with Crippen molar-refractivity contribution in [2.24, 2.45) is 0 Å². The molecule has 1 aromatic heterocycles. The highest BCUT2D eigenvalue weighted by molar-refractivity contribution is 7.92. The Morgan fingerprint density at radius 3 is 2.59 bits per heavy atom. The summed E-state index contributed by atoms with van der Waals surface area (Å²) in [4.78, 5) is 15.9. The Hall–Kier alpha value is -3.89. The maximum atomic E-state index is 13.1. The van der Waals surface area contributed by atoms with E-state index in [0.717, 1.165) is 5.69 Å². The number of H-pyrrole nitrogens is 1. The maximum Gasteiger partial charge on any atom is 0.262 e. The Morgan fingerprint density at radius 2 is 1.85 bits per heavy atom. The van der Waals surface area contributed by atoms with Gasteiger partial charge in [-0.05, 0) is 67.2 Å². The Balaban J connectivity index is 1.60. The average Bonchev–Trinajstić information content (AvgIpc) is 3.25. The summed E-state index contributed by atoms with van der Waals surface area (Å²) in [5.41, 5.74) is 2.33. The lowest BCUT2D eigenvalue weighted by Gasteiger charge is -2.14. The van der Waals surface area contributed by atoms with Gasteiger partial charge in [-0.2, -0.15) is 0 Å². The minimum absolute atomic E-state index is 0.00145. The quantitative estimate of drug-likeness (QED) is 0.317. The molecule has 4 rings (SSSR count). The third kappa shape index (κ3) is 4.87. The molecule has 0 spiro atoms. The minimum atomic E-state index is -3.97. The van der Waals surface area contributed by atoms with Crippen molar-refractivity contribution in [2.45, 2.75) is 11.8 Å². The molecule has 0 saturated carbocycles. The molecule has 174 valence electrons. The van der Waals surface area contributed by atoms with Crippen LogP contribution in [0.15, 0.2) is 84.0 Å². The van der Waals surface area contributed by atoms with Crippen LogP contribution in [0.25, 0.3) is 5.69 Å². The van der Waals surface area contributed by atoms with Crippen LogP contribution in [0.2, 0.25) is 0 Å². The summed E-state index contributed by atoms with van der Waals surface area (Å²) in [7, 11) is -2.51. The van der Waals surface area contributed by atoms with Gasteiger partial charge in [-0.15, -0.1) is 0 Å². The predicted octanol–water partition coefficient (Wildman–Crippen LogP) is 4.91. The summed E-state index contributed by atoms with van der Waals surface area (Å²) < 4.78 is 36.3. The first-order valence-electron chi connectivity index (χ1n) is 10.2. The number of hydrogen-bond donors (Lipinski definition) is 3. The number of carbonyl (C=O) groups is 1. The molecule has 0 unspecified atom stereocenters. The van der Waals surface area contributed by atoms with Crippen LogP contribution >= 0.6 is 12.2 Å². The molecular formula is C24H22N4O4S2. The van der Waals surface area contributed by atoms with Crippen molar-refractivity contribution in [3.05, 3.63) is 95.0 Å². The monoisotopic (exact) mass is 494 g/mol. The number of carbonyl (C=O) groups excluding carboxylic acids is 1. The van der Waals surface area contributed by atoms with Crippen LogP contribution in [0.3, 0.4) is 0 Å². The second-order valence-corrected chi connectivity index (χ2v) is 9.46. The minimum Gasteiger partial charge on any atom is -0.495 e. The zero-order chi connectivity index (χ0) is 24.3. The van der Waals surface area contributed by atoms with Crippen molar-refractivity contribution in [1.29, 1.82) is 0 Å². The molecule has 0 aliphatic carbocycles.